The standard InChI is InChI=1S/C11H13N5O2/c1-6-10(11(17)14-8-5-12-16-15-8)18-9(13-6)4-7-2-3-7/h5,7H,2-4H2,1H3,(H2,12,14,15,16,17). The summed E-state index contributed by atoms with van der Waals surface area (Å²) in [6.07, 6.45) is 4.69. The van der Waals surface area contributed by atoms with Gasteiger partial charge in [0.25, 0.3) is 5.91 Å². The number of hydrogen-bond acceptors (Lipinski definition) is 5. The lowest BCUT2D eigenvalue weighted by Gasteiger charge is -1.97. The van der Waals surface area contributed by atoms with Crippen LogP contribution in [0.25, 0.3) is 0 Å². The van der Waals surface area contributed by atoms with Crippen LogP contribution in [0.2, 0.25) is 0 Å². The fourth-order valence-electron chi connectivity index (χ4n) is 1.75. The molecule has 94 valence electrons. The monoisotopic (exact) mass is 247 g/mol. The number of nitrogens with one attached hydrogen (secondary N) is 2. The van der Waals surface area contributed by atoms with Crippen LogP contribution in [0.3, 0.4) is 0 Å². The van der Waals surface area contributed by atoms with E-state index in [0.29, 0.717) is 23.3 Å². The number of nitrogens with zero attached hydrogens (tertiary/aromatic N) is 3. The summed E-state index contributed by atoms with van der Waals surface area (Å²) in [5.41, 5.74) is 0.603. The van der Waals surface area contributed by atoms with Crippen molar-refractivity contribution in [2.45, 2.75) is 26.2 Å². The second-order valence-electron chi connectivity index (χ2n) is 4.48. The molecule has 2 aromatic rings. The van der Waals surface area contributed by atoms with Crippen molar-refractivity contribution in [2.24, 2.45) is 5.92 Å². The van der Waals surface area contributed by atoms with Crippen molar-refractivity contribution in [3.05, 3.63) is 23.5 Å². The number of amides is 1. The van der Waals surface area contributed by atoms with E-state index in [1.165, 1.54) is 19.0 Å². The molecular formula is C11H13N5O2. The van der Waals surface area contributed by atoms with Crippen molar-refractivity contribution in [3.63, 3.8) is 0 Å². The second-order valence-corrected chi connectivity index (χ2v) is 4.48. The zero-order valence-electron chi connectivity index (χ0n) is 9.93. The predicted octanol–water partition coefficient (Wildman–Crippen LogP) is 1.31. The Bertz CT molecular complexity index is 556. The molecule has 7 heteroatoms. The van der Waals surface area contributed by atoms with Gasteiger partial charge < -0.3 is 9.73 Å². The third kappa shape index (κ3) is 2.24. The summed E-state index contributed by atoms with van der Waals surface area (Å²) in [7, 11) is 0. The van der Waals surface area contributed by atoms with E-state index in [0.717, 1.165) is 6.42 Å². The number of aryl methyl sites for hydroxylation is 1. The van der Waals surface area contributed by atoms with Crippen LogP contribution in [0.4, 0.5) is 5.82 Å². The van der Waals surface area contributed by atoms with E-state index in [2.05, 4.69) is 25.7 Å². The topological polar surface area (TPSA) is 96.7 Å². The Morgan fingerprint density at radius 1 is 1.61 bits per heavy atom. The first-order valence-electron chi connectivity index (χ1n) is 5.86. The third-order valence-electron chi connectivity index (χ3n) is 2.86. The van der Waals surface area contributed by atoms with Crippen molar-refractivity contribution in [1.29, 1.82) is 0 Å². The van der Waals surface area contributed by atoms with Crippen LogP contribution in [0.5, 0.6) is 0 Å². The molecule has 18 heavy (non-hydrogen) atoms. The molecule has 0 spiro atoms. The van der Waals surface area contributed by atoms with Crippen LogP contribution in [-0.4, -0.2) is 26.3 Å². The van der Waals surface area contributed by atoms with E-state index in [9.17, 15) is 4.79 Å². The van der Waals surface area contributed by atoms with Crippen molar-refractivity contribution < 1.29 is 9.21 Å². The number of carbonyl (C=O) groups excluding carboxylic acids is 1. The molecule has 0 radical (unpaired) electrons. The molecule has 1 fully saturated rings. The van der Waals surface area contributed by atoms with E-state index < -0.39 is 0 Å². The van der Waals surface area contributed by atoms with Gasteiger partial charge in [0.2, 0.25) is 5.76 Å². The SMILES string of the molecule is Cc1nc(CC2CC2)oc1C(=O)Nc1cn[nH]n1. The number of carbonyl (C=O) groups is 1. The largest absolute Gasteiger partial charge is 0.435 e. The second kappa shape index (κ2) is 4.25. The maximum atomic E-state index is 11.9. The summed E-state index contributed by atoms with van der Waals surface area (Å²) in [6.45, 7) is 1.76. The highest BCUT2D eigenvalue weighted by atomic mass is 16.4. The zero-order chi connectivity index (χ0) is 12.5. The van der Waals surface area contributed by atoms with Gasteiger partial charge in [-0.15, -0.1) is 5.10 Å². The fraction of sp³-hybridized carbons (Fsp3) is 0.455. The van der Waals surface area contributed by atoms with Gasteiger partial charge in [-0.05, 0) is 25.7 Å². The van der Waals surface area contributed by atoms with E-state index in [1.54, 1.807) is 6.92 Å². The summed E-state index contributed by atoms with van der Waals surface area (Å²) in [5, 5.41) is 12.4. The Balaban J connectivity index is 1.73. The van der Waals surface area contributed by atoms with Gasteiger partial charge in [0.1, 0.15) is 0 Å². The molecule has 0 atom stereocenters. The van der Waals surface area contributed by atoms with Crippen LogP contribution in [0, 0.1) is 12.8 Å². The van der Waals surface area contributed by atoms with Crippen molar-refractivity contribution in [1.82, 2.24) is 20.4 Å². The van der Waals surface area contributed by atoms with Crippen molar-refractivity contribution in [3.8, 4) is 0 Å². The maximum absolute atomic E-state index is 11.9. The minimum absolute atomic E-state index is 0.244. The average Bonchev–Trinajstić information content (AvgIpc) is 2.85. The number of oxazole rings is 1. The zero-order valence-corrected chi connectivity index (χ0v) is 9.93. The molecule has 0 saturated heterocycles. The Hall–Kier alpha value is -2.18. The van der Waals surface area contributed by atoms with Crippen LogP contribution in [0.15, 0.2) is 10.6 Å². The minimum Gasteiger partial charge on any atom is -0.435 e. The first-order chi connectivity index (χ1) is 8.72. The summed E-state index contributed by atoms with van der Waals surface area (Å²) < 4.78 is 5.49. The molecule has 1 amide bonds. The number of H-pyrrole nitrogens is 1. The first kappa shape index (κ1) is 10.9. The van der Waals surface area contributed by atoms with E-state index in [1.807, 2.05) is 0 Å². The van der Waals surface area contributed by atoms with E-state index in [4.69, 9.17) is 4.42 Å². The van der Waals surface area contributed by atoms with Gasteiger partial charge in [-0.25, -0.2) is 4.98 Å². The molecule has 1 aliphatic rings. The average molecular weight is 247 g/mol. The molecule has 1 saturated carbocycles. The lowest BCUT2D eigenvalue weighted by Crippen LogP contribution is -2.12. The smallest absolute Gasteiger partial charge is 0.294 e. The van der Waals surface area contributed by atoms with Crippen LogP contribution >= 0.6 is 0 Å². The van der Waals surface area contributed by atoms with Gasteiger partial charge in [-0.3, -0.25) is 4.79 Å². The van der Waals surface area contributed by atoms with E-state index in [-0.39, 0.29) is 11.7 Å². The molecular weight excluding hydrogens is 234 g/mol. The fourth-order valence-corrected chi connectivity index (χ4v) is 1.75. The Morgan fingerprint density at radius 3 is 3.11 bits per heavy atom. The van der Waals surface area contributed by atoms with Crippen LogP contribution in [0.1, 0.15) is 35.0 Å². The van der Waals surface area contributed by atoms with Gasteiger partial charge in [-0.2, -0.15) is 10.3 Å². The molecule has 3 rings (SSSR count). The van der Waals surface area contributed by atoms with Crippen molar-refractivity contribution >= 4 is 11.7 Å². The lowest BCUT2D eigenvalue weighted by atomic mass is 10.3. The highest BCUT2D eigenvalue weighted by Gasteiger charge is 2.26. The normalized spacial score (nSPS) is 14.7. The summed E-state index contributed by atoms with van der Waals surface area (Å²) in [6, 6.07) is 0. The molecule has 2 N–H and O–H groups in total. The predicted molar refractivity (Wildman–Crippen MR) is 62.0 cm³/mol. The first-order valence-corrected chi connectivity index (χ1v) is 5.86. The summed E-state index contributed by atoms with van der Waals surface area (Å²) >= 11 is 0. The Labute approximate surface area is 103 Å². The minimum atomic E-state index is -0.351. The maximum Gasteiger partial charge on any atom is 0.294 e. The Morgan fingerprint density at radius 2 is 2.44 bits per heavy atom. The van der Waals surface area contributed by atoms with Crippen LogP contribution < -0.4 is 5.32 Å². The number of aromatic amines is 1. The molecule has 0 bridgehead atoms. The summed E-state index contributed by atoms with van der Waals surface area (Å²) in [5.74, 6) is 1.57. The highest BCUT2D eigenvalue weighted by Crippen LogP contribution is 2.32. The lowest BCUT2D eigenvalue weighted by molar-refractivity contribution is 0.0993. The molecule has 7 nitrogen and oxygen atoms in total. The molecule has 0 aliphatic heterocycles. The van der Waals surface area contributed by atoms with Gasteiger partial charge in [0, 0.05) is 6.42 Å². The summed E-state index contributed by atoms with van der Waals surface area (Å²) in [4.78, 5) is 16.2. The van der Waals surface area contributed by atoms with Gasteiger partial charge in [0.05, 0.1) is 11.9 Å². The van der Waals surface area contributed by atoms with Gasteiger partial charge >= 0.3 is 0 Å². The number of aromatic nitrogens is 4. The number of hydrogen-bond donors (Lipinski definition) is 2. The molecule has 1 aliphatic carbocycles. The Kier molecular flexibility index (Phi) is 2.58. The van der Waals surface area contributed by atoms with Crippen molar-refractivity contribution in [2.75, 3.05) is 5.32 Å². The van der Waals surface area contributed by atoms with E-state index >= 15 is 0 Å². The number of anilines is 1. The quantitative estimate of drug-likeness (QED) is 0.848. The molecule has 0 aromatic carbocycles. The molecule has 0 unspecified atom stereocenters. The van der Waals surface area contributed by atoms with Crippen LogP contribution in [-0.2, 0) is 6.42 Å². The highest BCUT2D eigenvalue weighted by molar-refractivity contribution is 6.02. The molecule has 2 aromatic heterocycles. The third-order valence-corrected chi connectivity index (χ3v) is 2.86. The number of rotatable bonds is 4. The van der Waals surface area contributed by atoms with Gasteiger partial charge in [-0.1, -0.05) is 0 Å². The molecule has 2 heterocycles. The van der Waals surface area contributed by atoms with Gasteiger partial charge in [0.15, 0.2) is 11.7 Å².